The minimum atomic E-state index is -1.44. The summed E-state index contributed by atoms with van der Waals surface area (Å²) >= 11 is 0. The lowest BCUT2D eigenvalue weighted by Crippen LogP contribution is -2.47. The van der Waals surface area contributed by atoms with Crippen LogP contribution in [0.5, 0.6) is 5.75 Å². The molecule has 2 aliphatic rings. The van der Waals surface area contributed by atoms with Crippen LogP contribution in [0.1, 0.15) is 48.7 Å². The molecular weight excluding hydrogens is 461 g/mol. The van der Waals surface area contributed by atoms with E-state index in [-0.39, 0.29) is 37.3 Å². The van der Waals surface area contributed by atoms with Gasteiger partial charge in [0.05, 0.1) is 19.3 Å². The number of aliphatic hydroxyl groups excluding tert-OH is 1. The fraction of sp³-hybridized carbons (Fsp3) is 0.565. The Hall–Kier alpha value is -3.09. The fourth-order valence-electron chi connectivity index (χ4n) is 4.07. The highest BCUT2D eigenvalue weighted by Crippen LogP contribution is 2.27. The van der Waals surface area contributed by atoms with Gasteiger partial charge >= 0.3 is 0 Å². The van der Waals surface area contributed by atoms with Crippen LogP contribution in [0, 0.1) is 5.92 Å². The van der Waals surface area contributed by atoms with Crippen molar-refractivity contribution in [1.29, 1.82) is 0 Å². The number of ether oxygens (including phenoxy) is 1. The number of carbonyl (C=O) groups excluding carboxylic acids is 2. The van der Waals surface area contributed by atoms with E-state index in [0.29, 0.717) is 12.0 Å². The van der Waals surface area contributed by atoms with E-state index >= 15 is 0 Å². The molecule has 0 spiro atoms. The first-order valence-electron chi connectivity index (χ1n) is 11.3. The molecule has 0 bridgehead atoms. The van der Waals surface area contributed by atoms with Crippen molar-refractivity contribution >= 4 is 11.8 Å². The molecule has 0 radical (unpaired) electrons. The summed E-state index contributed by atoms with van der Waals surface area (Å²) < 4.78 is 20.4. The highest BCUT2D eigenvalue weighted by molar-refractivity contribution is 5.94. The van der Waals surface area contributed by atoms with Crippen molar-refractivity contribution in [3.8, 4) is 5.75 Å². The molecular formula is C23H32FN5O6. The van der Waals surface area contributed by atoms with Crippen molar-refractivity contribution in [3.05, 3.63) is 45.4 Å². The smallest absolute Gasteiger partial charge is 0.296 e. The molecule has 1 aromatic heterocycles. The Bertz CT molecular complexity index is 1110. The Balaban J connectivity index is 1.94. The van der Waals surface area contributed by atoms with Crippen molar-refractivity contribution in [2.24, 2.45) is 5.92 Å². The molecule has 1 aromatic rings. The molecule has 2 amide bonds. The van der Waals surface area contributed by atoms with Gasteiger partial charge in [-0.3, -0.25) is 23.9 Å². The van der Waals surface area contributed by atoms with Crippen LogP contribution in [-0.4, -0.2) is 88.5 Å². The third-order valence-electron chi connectivity index (χ3n) is 6.22. The molecule has 0 fully saturated rings. The van der Waals surface area contributed by atoms with Crippen LogP contribution in [0.2, 0.25) is 0 Å². The first kappa shape index (κ1) is 26.5. The Kier molecular flexibility index (Phi) is 8.08. The van der Waals surface area contributed by atoms with Gasteiger partial charge in [-0.1, -0.05) is 6.08 Å². The van der Waals surface area contributed by atoms with E-state index in [1.165, 1.54) is 41.6 Å². The summed E-state index contributed by atoms with van der Waals surface area (Å²) in [7, 11) is 4.51. The zero-order valence-corrected chi connectivity index (χ0v) is 20.5. The quantitative estimate of drug-likeness (QED) is 0.487. The SMILES string of the molecule is CC1=CC(CNC(=O)c2nc3n(c(=O)c2O)[C@H](C)COC[C@H]3N(C)C(=O)C(O)N(C)C)CC=C1F. The topological polar surface area (TPSA) is 137 Å². The summed E-state index contributed by atoms with van der Waals surface area (Å²) in [5.41, 5.74) is -0.840. The van der Waals surface area contributed by atoms with E-state index in [9.17, 15) is 29.0 Å². The van der Waals surface area contributed by atoms with E-state index in [1.54, 1.807) is 19.9 Å². The number of carbonyl (C=O) groups is 2. The van der Waals surface area contributed by atoms with Gasteiger partial charge in [0.2, 0.25) is 5.75 Å². The minimum absolute atomic E-state index is 0.0327. The Labute approximate surface area is 202 Å². The first-order valence-corrected chi connectivity index (χ1v) is 11.3. The van der Waals surface area contributed by atoms with Gasteiger partial charge in [0, 0.05) is 13.6 Å². The van der Waals surface area contributed by atoms with Crippen LogP contribution in [0.3, 0.4) is 0 Å². The average Bonchev–Trinajstić information content (AvgIpc) is 2.98. The number of rotatable bonds is 6. The van der Waals surface area contributed by atoms with Crippen LogP contribution in [0.25, 0.3) is 0 Å². The number of amides is 2. The van der Waals surface area contributed by atoms with Gasteiger partial charge in [0.15, 0.2) is 11.9 Å². The summed E-state index contributed by atoms with van der Waals surface area (Å²) in [6, 6.07) is -1.43. The summed E-state index contributed by atoms with van der Waals surface area (Å²) in [5.74, 6) is -2.64. The highest BCUT2D eigenvalue weighted by atomic mass is 19.1. The van der Waals surface area contributed by atoms with Crippen LogP contribution in [-0.2, 0) is 9.53 Å². The van der Waals surface area contributed by atoms with Crippen molar-refractivity contribution in [3.63, 3.8) is 0 Å². The predicted molar refractivity (Wildman–Crippen MR) is 124 cm³/mol. The zero-order chi connectivity index (χ0) is 26.0. The lowest BCUT2D eigenvalue weighted by molar-refractivity contribution is -0.150. The normalized spacial score (nSPS) is 23.0. The molecule has 11 nitrogen and oxygen atoms in total. The van der Waals surface area contributed by atoms with Gasteiger partial charge in [0.25, 0.3) is 17.4 Å². The van der Waals surface area contributed by atoms with Gasteiger partial charge < -0.3 is 25.2 Å². The molecule has 3 N–H and O–H groups in total. The number of hydrogen-bond donors (Lipinski definition) is 3. The van der Waals surface area contributed by atoms with Crippen LogP contribution < -0.4 is 10.9 Å². The predicted octanol–water partition coefficient (Wildman–Crippen LogP) is 0.469. The van der Waals surface area contributed by atoms with Gasteiger partial charge in [-0.05, 0) is 51.9 Å². The fourth-order valence-corrected chi connectivity index (χ4v) is 4.07. The second-order valence-corrected chi connectivity index (χ2v) is 9.14. The first-order chi connectivity index (χ1) is 16.4. The number of hydrogen-bond acceptors (Lipinski definition) is 8. The monoisotopic (exact) mass is 493 g/mol. The molecule has 192 valence electrons. The summed E-state index contributed by atoms with van der Waals surface area (Å²) in [6.45, 7) is 3.56. The van der Waals surface area contributed by atoms with E-state index in [2.05, 4.69) is 10.3 Å². The second kappa shape index (κ2) is 10.7. The molecule has 0 saturated carbocycles. The van der Waals surface area contributed by atoms with Crippen molar-refractivity contribution < 1.29 is 28.9 Å². The van der Waals surface area contributed by atoms with Gasteiger partial charge in [-0.25, -0.2) is 9.37 Å². The van der Waals surface area contributed by atoms with Crippen molar-refractivity contribution in [2.45, 2.75) is 38.6 Å². The van der Waals surface area contributed by atoms with Gasteiger partial charge in [-0.15, -0.1) is 0 Å². The summed E-state index contributed by atoms with van der Waals surface area (Å²) in [5, 5.41) is 23.4. The van der Waals surface area contributed by atoms with Gasteiger partial charge in [-0.2, -0.15) is 0 Å². The molecule has 1 aliphatic carbocycles. The lowest BCUT2D eigenvalue weighted by Gasteiger charge is -2.31. The highest BCUT2D eigenvalue weighted by Gasteiger charge is 2.36. The van der Waals surface area contributed by atoms with Crippen molar-refractivity contribution in [1.82, 2.24) is 24.7 Å². The second-order valence-electron chi connectivity index (χ2n) is 9.14. The number of nitrogens with one attached hydrogen (secondary N) is 1. The number of halogens is 1. The molecule has 0 saturated heterocycles. The molecule has 2 unspecified atom stereocenters. The lowest BCUT2D eigenvalue weighted by atomic mass is 9.96. The molecule has 1 aliphatic heterocycles. The molecule has 12 heteroatoms. The third-order valence-corrected chi connectivity index (χ3v) is 6.22. The number of aromatic nitrogens is 2. The Morgan fingerprint density at radius 3 is 2.66 bits per heavy atom. The number of aliphatic hydroxyl groups is 1. The number of allylic oxidation sites excluding steroid dienone is 3. The number of aromatic hydroxyl groups is 1. The molecule has 3 rings (SSSR count). The van der Waals surface area contributed by atoms with E-state index < -0.39 is 47.1 Å². The number of nitrogens with zero attached hydrogens (tertiary/aromatic N) is 4. The standard InChI is InChI=1S/C23H32FN5O6/c1-12-8-14(6-7-15(12)24)9-25-20(31)17-18(30)21(32)29-13(2)10-35-11-16(19(29)26-17)28(5)23(34)22(33)27(3)4/h7-8,13-14,16,22,30,33H,6,9-11H2,1-5H3,(H,25,31)/t13-,14?,16-,22?/m1/s1. The maximum atomic E-state index is 13.6. The van der Waals surface area contributed by atoms with E-state index in [4.69, 9.17) is 4.74 Å². The Morgan fingerprint density at radius 1 is 1.34 bits per heavy atom. The van der Waals surface area contributed by atoms with E-state index in [0.717, 1.165) is 0 Å². The van der Waals surface area contributed by atoms with Crippen LogP contribution in [0.4, 0.5) is 4.39 Å². The van der Waals surface area contributed by atoms with Crippen LogP contribution in [0.15, 0.2) is 28.3 Å². The van der Waals surface area contributed by atoms with Crippen molar-refractivity contribution in [2.75, 3.05) is 40.9 Å². The number of fused-ring (bicyclic) bond motifs is 1. The molecule has 35 heavy (non-hydrogen) atoms. The zero-order valence-electron chi connectivity index (χ0n) is 20.5. The molecule has 4 atom stereocenters. The Morgan fingerprint density at radius 2 is 2.03 bits per heavy atom. The van der Waals surface area contributed by atoms with Crippen LogP contribution >= 0.6 is 0 Å². The summed E-state index contributed by atoms with van der Waals surface area (Å²) in [6.07, 6.45) is 2.11. The third kappa shape index (κ3) is 5.44. The largest absolute Gasteiger partial charge is 0.501 e. The average molecular weight is 494 g/mol. The maximum absolute atomic E-state index is 13.6. The van der Waals surface area contributed by atoms with Gasteiger partial charge in [0.1, 0.15) is 17.7 Å². The maximum Gasteiger partial charge on any atom is 0.296 e. The molecule has 2 heterocycles. The molecule has 0 aromatic carbocycles. The minimum Gasteiger partial charge on any atom is -0.501 e. The summed E-state index contributed by atoms with van der Waals surface area (Å²) in [4.78, 5) is 45.6. The van der Waals surface area contributed by atoms with E-state index in [1.807, 2.05) is 0 Å². The number of likely N-dealkylation sites (N-methyl/N-ethyl adjacent to an activating group) is 2.